The fraction of sp³-hybridized carbons (Fsp3) is 0.667. The summed E-state index contributed by atoms with van der Waals surface area (Å²) in [6, 6.07) is 5.98. The van der Waals surface area contributed by atoms with Gasteiger partial charge in [-0.3, -0.25) is 4.90 Å². The van der Waals surface area contributed by atoms with E-state index in [1.165, 1.54) is 17.7 Å². The van der Waals surface area contributed by atoms with E-state index in [1.54, 1.807) is 0 Å². The third kappa shape index (κ3) is 2.41. The molecule has 0 aliphatic heterocycles. The van der Waals surface area contributed by atoms with Crippen LogP contribution in [-0.2, 0) is 0 Å². The maximum absolute atomic E-state index is 5.96. The predicted molar refractivity (Wildman–Crippen MR) is 66.1 cm³/mol. The summed E-state index contributed by atoms with van der Waals surface area (Å²) in [6.07, 6.45) is 3.60. The highest BCUT2D eigenvalue weighted by Gasteiger charge is 2.28. The van der Waals surface area contributed by atoms with Gasteiger partial charge in [-0.1, -0.05) is 6.07 Å². The Hall–Kier alpha value is -0.380. The van der Waals surface area contributed by atoms with Gasteiger partial charge in [0.25, 0.3) is 0 Å². The van der Waals surface area contributed by atoms with Gasteiger partial charge >= 0.3 is 0 Å². The van der Waals surface area contributed by atoms with Crippen molar-refractivity contribution in [1.82, 2.24) is 4.90 Å². The predicted octanol–water partition coefficient (Wildman–Crippen LogP) is 2.62. The lowest BCUT2D eigenvalue weighted by atomic mass is 10.1. The Morgan fingerprint density at radius 1 is 1.53 bits per heavy atom. The van der Waals surface area contributed by atoms with E-state index in [2.05, 4.69) is 36.4 Å². The third-order valence-corrected chi connectivity index (χ3v) is 4.63. The van der Waals surface area contributed by atoms with Gasteiger partial charge in [0.15, 0.2) is 0 Å². The van der Waals surface area contributed by atoms with Crippen molar-refractivity contribution in [2.24, 2.45) is 5.73 Å². The standard InChI is InChI=1S/C12H20N2S/c1-9(12-4-3-7-15-12)14(2)11-6-5-10(13)8-11/h3-4,7,9-11H,5-6,8,13H2,1-2H3. The second-order valence-electron chi connectivity index (χ2n) is 4.58. The molecule has 1 aliphatic carbocycles. The first kappa shape index (κ1) is 11.1. The summed E-state index contributed by atoms with van der Waals surface area (Å²) in [4.78, 5) is 3.94. The van der Waals surface area contributed by atoms with Gasteiger partial charge in [0.05, 0.1) is 0 Å². The monoisotopic (exact) mass is 224 g/mol. The maximum Gasteiger partial charge on any atom is 0.0413 e. The molecule has 0 bridgehead atoms. The molecule has 2 rings (SSSR count). The smallest absolute Gasteiger partial charge is 0.0413 e. The van der Waals surface area contributed by atoms with Crippen LogP contribution in [0.25, 0.3) is 0 Å². The summed E-state index contributed by atoms with van der Waals surface area (Å²) < 4.78 is 0. The quantitative estimate of drug-likeness (QED) is 0.855. The number of hydrogen-bond donors (Lipinski definition) is 1. The zero-order valence-electron chi connectivity index (χ0n) is 9.52. The highest BCUT2D eigenvalue weighted by Crippen LogP contribution is 2.30. The molecule has 15 heavy (non-hydrogen) atoms. The van der Waals surface area contributed by atoms with E-state index in [0.717, 1.165) is 6.42 Å². The van der Waals surface area contributed by atoms with Gasteiger partial charge in [-0.05, 0) is 44.7 Å². The van der Waals surface area contributed by atoms with Crippen LogP contribution in [0.1, 0.15) is 37.1 Å². The molecule has 0 radical (unpaired) electrons. The van der Waals surface area contributed by atoms with Crippen LogP contribution in [0.15, 0.2) is 17.5 Å². The van der Waals surface area contributed by atoms with Crippen LogP contribution >= 0.6 is 11.3 Å². The molecule has 0 aromatic carbocycles. The molecule has 0 amide bonds. The second kappa shape index (κ2) is 4.64. The molecule has 1 aliphatic rings. The molecule has 1 aromatic rings. The first-order chi connectivity index (χ1) is 7.18. The molecule has 84 valence electrons. The minimum Gasteiger partial charge on any atom is -0.328 e. The molecule has 0 saturated heterocycles. The number of thiophene rings is 1. The minimum atomic E-state index is 0.424. The summed E-state index contributed by atoms with van der Waals surface area (Å²) in [6.45, 7) is 2.29. The molecule has 2 nitrogen and oxygen atoms in total. The molecule has 3 unspecified atom stereocenters. The SMILES string of the molecule is CC(c1cccs1)N(C)C1CCC(N)C1. The zero-order chi connectivity index (χ0) is 10.8. The topological polar surface area (TPSA) is 29.3 Å². The number of nitrogens with two attached hydrogens (primary N) is 1. The third-order valence-electron chi connectivity index (χ3n) is 3.59. The number of hydrogen-bond acceptors (Lipinski definition) is 3. The zero-order valence-corrected chi connectivity index (χ0v) is 10.3. The Labute approximate surface area is 96.1 Å². The molecular formula is C12H20N2S. The largest absolute Gasteiger partial charge is 0.328 e. The van der Waals surface area contributed by atoms with E-state index >= 15 is 0 Å². The van der Waals surface area contributed by atoms with Crippen molar-refractivity contribution in [1.29, 1.82) is 0 Å². The highest BCUT2D eigenvalue weighted by atomic mass is 32.1. The molecule has 3 atom stereocenters. The Bertz CT molecular complexity index is 297. The molecular weight excluding hydrogens is 204 g/mol. The summed E-state index contributed by atoms with van der Waals surface area (Å²) in [5.41, 5.74) is 5.96. The Morgan fingerprint density at radius 3 is 2.87 bits per heavy atom. The van der Waals surface area contributed by atoms with Gasteiger partial charge in [0.1, 0.15) is 0 Å². The lowest BCUT2D eigenvalue weighted by Crippen LogP contribution is -2.32. The van der Waals surface area contributed by atoms with Crippen LogP contribution in [-0.4, -0.2) is 24.0 Å². The van der Waals surface area contributed by atoms with Crippen molar-refractivity contribution in [2.45, 2.75) is 44.3 Å². The first-order valence-corrected chi connectivity index (χ1v) is 6.57. The second-order valence-corrected chi connectivity index (χ2v) is 5.56. The average molecular weight is 224 g/mol. The van der Waals surface area contributed by atoms with E-state index in [1.807, 2.05) is 11.3 Å². The fourth-order valence-electron chi connectivity index (χ4n) is 2.41. The van der Waals surface area contributed by atoms with E-state index in [4.69, 9.17) is 5.73 Å². The van der Waals surface area contributed by atoms with Crippen molar-refractivity contribution < 1.29 is 0 Å². The van der Waals surface area contributed by atoms with E-state index in [9.17, 15) is 0 Å². The van der Waals surface area contributed by atoms with Gasteiger partial charge in [-0.25, -0.2) is 0 Å². The van der Waals surface area contributed by atoms with Gasteiger partial charge in [-0.2, -0.15) is 0 Å². The lowest BCUT2D eigenvalue weighted by Gasteiger charge is -2.30. The van der Waals surface area contributed by atoms with E-state index < -0.39 is 0 Å². The summed E-state index contributed by atoms with van der Waals surface area (Å²) in [5, 5.41) is 2.15. The minimum absolute atomic E-state index is 0.424. The lowest BCUT2D eigenvalue weighted by molar-refractivity contribution is 0.189. The molecule has 3 heteroatoms. The fourth-order valence-corrected chi connectivity index (χ4v) is 3.24. The van der Waals surface area contributed by atoms with E-state index in [-0.39, 0.29) is 0 Å². The Morgan fingerprint density at radius 2 is 2.33 bits per heavy atom. The van der Waals surface area contributed by atoms with Gasteiger partial charge < -0.3 is 5.73 Å². The molecule has 0 spiro atoms. The van der Waals surface area contributed by atoms with Crippen LogP contribution in [0.2, 0.25) is 0 Å². The normalized spacial score (nSPS) is 28.5. The first-order valence-electron chi connectivity index (χ1n) is 5.69. The van der Waals surface area contributed by atoms with Gasteiger partial charge in [-0.15, -0.1) is 11.3 Å². The van der Waals surface area contributed by atoms with E-state index in [0.29, 0.717) is 18.1 Å². The summed E-state index contributed by atoms with van der Waals surface area (Å²) in [5.74, 6) is 0. The van der Waals surface area contributed by atoms with Crippen LogP contribution in [0.3, 0.4) is 0 Å². The van der Waals surface area contributed by atoms with Crippen molar-refractivity contribution >= 4 is 11.3 Å². The summed E-state index contributed by atoms with van der Waals surface area (Å²) in [7, 11) is 2.23. The molecule has 1 aromatic heterocycles. The number of rotatable bonds is 3. The van der Waals surface area contributed by atoms with Crippen LogP contribution in [0.4, 0.5) is 0 Å². The van der Waals surface area contributed by atoms with Crippen molar-refractivity contribution in [3.05, 3.63) is 22.4 Å². The molecule has 1 heterocycles. The van der Waals surface area contributed by atoms with Crippen molar-refractivity contribution in [3.8, 4) is 0 Å². The van der Waals surface area contributed by atoms with Gasteiger partial charge in [0, 0.05) is 23.0 Å². The Kier molecular flexibility index (Phi) is 3.44. The van der Waals surface area contributed by atoms with Crippen LogP contribution in [0.5, 0.6) is 0 Å². The highest BCUT2D eigenvalue weighted by molar-refractivity contribution is 7.10. The molecule has 2 N–H and O–H groups in total. The molecule has 1 saturated carbocycles. The average Bonchev–Trinajstić information content (AvgIpc) is 2.85. The molecule has 1 fully saturated rings. The Balaban J connectivity index is 1.98. The van der Waals surface area contributed by atoms with Crippen LogP contribution in [0, 0.1) is 0 Å². The maximum atomic E-state index is 5.96. The van der Waals surface area contributed by atoms with Gasteiger partial charge in [0.2, 0.25) is 0 Å². The summed E-state index contributed by atoms with van der Waals surface area (Å²) >= 11 is 1.85. The number of nitrogens with zero attached hydrogens (tertiary/aromatic N) is 1. The van der Waals surface area contributed by atoms with Crippen molar-refractivity contribution in [3.63, 3.8) is 0 Å². The van der Waals surface area contributed by atoms with Crippen molar-refractivity contribution in [2.75, 3.05) is 7.05 Å². The van der Waals surface area contributed by atoms with Crippen LogP contribution < -0.4 is 5.73 Å².